The van der Waals surface area contributed by atoms with Gasteiger partial charge in [0.1, 0.15) is 5.75 Å². The summed E-state index contributed by atoms with van der Waals surface area (Å²) < 4.78 is 10.2. The largest absolute Gasteiger partial charge is 0.482 e. The van der Waals surface area contributed by atoms with E-state index < -0.39 is 23.4 Å². The summed E-state index contributed by atoms with van der Waals surface area (Å²) in [5, 5.41) is 13.0. The van der Waals surface area contributed by atoms with Crippen LogP contribution in [0.2, 0.25) is 0 Å². The van der Waals surface area contributed by atoms with Crippen LogP contribution < -0.4 is 10.1 Å². The summed E-state index contributed by atoms with van der Waals surface area (Å²) in [6.45, 7) is 3.03. The number of carbonyl (C=O) groups excluding carboxylic acids is 2. The summed E-state index contributed by atoms with van der Waals surface area (Å²) >= 11 is 0. The Morgan fingerprint density at radius 1 is 1.08 bits per heavy atom. The summed E-state index contributed by atoms with van der Waals surface area (Å²) in [6, 6.07) is 10.8. The fourth-order valence-corrected chi connectivity index (χ4v) is 2.07. The lowest BCUT2D eigenvalue weighted by Gasteiger charge is -2.10. The average molecular weight is 358 g/mol. The number of nitro groups is 1. The number of esters is 1. The molecule has 26 heavy (non-hydrogen) atoms. The molecule has 1 amide bonds. The van der Waals surface area contributed by atoms with Crippen molar-refractivity contribution < 1.29 is 24.0 Å². The van der Waals surface area contributed by atoms with E-state index in [4.69, 9.17) is 9.47 Å². The second kappa shape index (κ2) is 8.61. The number of benzene rings is 2. The van der Waals surface area contributed by atoms with Crippen molar-refractivity contribution in [3.63, 3.8) is 0 Å². The van der Waals surface area contributed by atoms with Crippen LogP contribution >= 0.6 is 0 Å². The van der Waals surface area contributed by atoms with Crippen molar-refractivity contribution in [1.29, 1.82) is 0 Å². The van der Waals surface area contributed by atoms with Crippen LogP contribution in [0.3, 0.4) is 0 Å². The van der Waals surface area contributed by atoms with Crippen LogP contribution in [-0.2, 0) is 14.3 Å². The van der Waals surface area contributed by atoms with Gasteiger partial charge in [0, 0.05) is 17.8 Å². The van der Waals surface area contributed by atoms with Gasteiger partial charge in [-0.1, -0.05) is 12.1 Å². The molecule has 1 N–H and O–H groups in total. The molecule has 136 valence electrons. The second-order valence-corrected chi connectivity index (χ2v) is 5.50. The van der Waals surface area contributed by atoms with E-state index in [0.717, 1.165) is 11.1 Å². The molecule has 0 aliphatic rings. The Kier molecular flexibility index (Phi) is 6.26. The Hall–Kier alpha value is -3.42. The molecule has 0 saturated carbocycles. The maximum atomic E-state index is 11.7. The van der Waals surface area contributed by atoms with Gasteiger partial charge >= 0.3 is 5.97 Å². The van der Waals surface area contributed by atoms with Crippen LogP contribution in [0.1, 0.15) is 11.1 Å². The molecule has 2 aromatic carbocycles. The van der Waals surface area contributed by atoms with E-state index in [1.54, 1.807) is 6.07 Å². The molecular formula is C18H18N2O6. The molecule has 0 fully saturated rings. The van der Waals surface area contributed by atoms with Gasteiger partial charge in [-0.25, -0.2) is 4.79 Å². The minimum atomic E-state index is -0.676. The molecule has 0 heterocycles. The van der Waals surface area contributed by atoms with Gasteiger partial charge in [-0.2, -0.15) is 0 Å². The van der Waals surface area contributed by atoms with Crippen molar-refractivity contribution in [1.82, 2.24) is 0 Å². The van der Waals surface area contributed by atoms with Gasteiger partial charge in [0.15, 0.2) is 13.2 Å². The minimum absolute atomic E-state index is 0.0852. The van der Waals surface area contributed by atoms with E-state index in [0.29, 0.717) is 11.4 Å². The van der Waals surface area contributed by atoms with E-state index in [9.17, 15) is 19.7 Å². The smallest absolute Gasteiger partial charge is 0.344 e. The third-order valence-corrected chi connectivity index (χ3v) is 3.63. The van der Waals surface area contributed by atoms with Crippen molar-refractivity contribution in [2.45, 2.75) is 13.8 Å². The van der Waals surface area contributed by atoms with Gasteiger partial charge < -0.3 is 14.8 Å². The van der Waals surface area contributed by atoms with Crippen LogP contribution in [0.4, 0.5) is 11.4 Å². The number of hydrogen-bond acceptors (Lipinski definition) is 6. The lowest BCUT2D eigenvalue weighted by molar-refractivity contribution is -0.384. The van der Waals surface area contributed by atoms with Gasteiger partial charge in [-0.15, -0.1) is 0 Å². The van der Waals surface area contributed by atoms with Gasteiger partial charge in [0.05, 0.1) is 4.92 Å². The molecule has 0 unspecified atom stereocenters. The van der Waals surface area contributed by atoms with Gasteiger partial charge in [-0.3, -0.25) is 14.9 Å². The molecule has 2 aromatic rings. The predicted octanol–water partition coefficient (Wildman–Crippen LogP) is 2.77. The number of nitro benzene ring substituents is 1. The first-order chi connectivity index (χ1) is 12.4. The fraction of sp³-hybridized carbons (Fsp3) is 0.222. The molecule has 0 aliphatic heterocycles. The summed E-state index contributed by atoms with van der Waals surface area (Å²) in [7, 11) is 0. The van der Waals surface area contributed by atoms with Crippen molar-refractivity contribution in [2.24, 2.45) is 0 Å². The van der Waals surface area contributed by atoms with Crippen LogP contribution in [0.5, 0.6) is 5.75 Å². The molecule has 0 radical (unpaired) electrons. The molecule has 8 heteroatoms. The van der Waals surface area contributed by atoms with Gasteiger partial charge in [-0.05, 0) is 43.2 Å². The summed E-state index contributed by atoms with van der Waals surface area (Å²) in [4.78, 5) is 33.5. The third kappa shape index (κ3) is 5.30. The van der Waals surface area contributed by atoms with Gasteiger partial charge in [0.2, 0.25) is 0 Å². The van der Waals surface area contributed by atoms with Gasteiger partial charge in [0.25, 0.3) is 11.6 Å². The number of hydrogen-bond donors (Lipinski definition) is 1. The Bertz CT molecular complexity index is 817. The third-order valence-electron chi connectivity index (χ3n) is 3.63. The quantitative estimate of drug-likeness (QED) is 0.463. The standard InChI is InChI=1S/C18H18N2O6/c1-12-4-3-5-16(13(12)2)25-11-18(22)26-10-17(21)19-14-6-8-15(9-7-14)20(23)24/h3-9H,10-11H2,1-2H3,(H,19,21). The average Bonchev–Trinajstić information content (AvgIpc) is 2.61. The Morgan fingerprint density at radius 3 is 2.42 bits per heavy atom. The SMILES string of the molecule is Cc1cccc(OCC(=O)OCC(=O)Nc2ccc([N+](=O)[O-])cc2)c1C. The fourth-order valence-electron chi connectivity index (χ4n) is 2.07. The number of carbonyl (C=O) groups is 2. The van der Waals surface area contributed by atoms with Crippen LogP contribution in [0.25, 0.3) is 0 Å². The number of amides is 1. The number of nitrogens with zero attached hydrogens (tertiary/aromatic N) is 1. The van der Waals surface area contributed by atoms with E-state index in [1.807, 2.05) is 26.0 Å². The monoisotopic (exact) mass is 358 g/mol. The lowest BCUT2D eigenvalue weighted by atomic mass is 10.1. The van der Waals surface area contributed by atoms with E-state index in [2.05, 4.69) is 5.32 Å². The highest BCUT2D eigenvalue weighted by atomic mass is 16.6. The molecule has 0 aliphatic carbocycles. The van der Waals surface area contributed by atoms with E-state index >= 15 is 0 Å². The summed E-state index contributed by atoms with van der Waals surface area (Å²) in [5.41, 5.74) is 2.25. The molecule has 2 rings (SSSR count). The van der Waals surface area contributed by atoms with E-state index in [1.165, 1.54) is 24.3 Å². The maximum absolute atomic E-state index is 11.7. The highest BCUT2D eigenvalue weighted by Gasteiger charge is 2.11. The Morgan fingerprint density at radius 2 is 1.77 bits per heavy atom. The first-order valence-electron chi connectivity index (χ1n) is 7.76. The number of ether oxygens (including phenoxy) is 2. The molecule has 0 aromatic heterocycles. The van der Waals surface area contributed by atoms with Crippen molar-refractivity contribution >= 4 is 23.3 Å². The second-order valence-electron chi connectivity index (χ2n) is 5.50. The highest BCUT2D eigenvalue weighted by Crippen LogP contribution is 2.20. The number of non-ortho nitro benzene ring substituents is 1. The predicted molar refractivity (Wildman–Crippen MR) is 94.1 cm³/mol. The minimum Gasteiger partial charge on any atom is -0.482 e. The highest BCUT2D eigenvalue weighted by molar-refractivity contribution is 5.92. The zero-order valence-electron chi connectivity index (χ0n) is 14.4. The van der Waals surface area contributed by atoms with Crippen LogP contribution in [0, 0.1) is 24.0 Å². The number of rotatable bonds is 7. The Labute approximate surface area is 149 Å². The molecular weight excluding hydrogens is 340 g/mol. The zero-order valence-corrected chi connectivity index (χ0v) is 14.4. The summed E-state index contributed by atoms with van der Waals surface area (Å²) in [5.74, 6) is -0.652. The normalized spacial score (nSPS) is 10.1. The van der Waals surface area contributed by atoms with Crippen molar-refractivity contribution in [3.05, 3.63) is 63.7 Å². The van der Waals surface area contributed by atoms with Crippen molar-refractivity contribution in [3.8, 4) is 5.75 Å². The molecule has 8 nitrogen and oxygen atoms in total. The first kappa shape index (κ1) is 18.9. The van der Waals surface area contributed by atoms with Crippen LogP contribution in [-0.4, -0.2) is 30.0 Å². The van der Waals surface area contributed by atoms with E-state index in [-0.39, 0.29) is 12.3 Å². The zero-order chi connectivity index (χ0) is 19.1. The molecule has 0 atom stereocenters. The van der Waals surface area contributed by atoms with Crippen molar-refractivity contribution in [2.75, 3.05) is 18.5 Å². The topological polar surface area (TPSA) is 108 Å². The molecule has 0 saturated heterocycles. The maximum Gasteiger partial charge on any atom is 0.344 e. The Balaban J connectivity index is 1.77. The summed E-state index contributed by atoms with van der Waals surface area (Å²) in [6.07, 6.45) is 0. The molecule has 0 spiro atoms. The number of anilines is 1. The lowest BCUT2D eigenvalue weighted by Crippen LogP contribution is -2.23. The number of aryl methyl sites for hydroxylation is 1. The molecule has 0 bridgehead atoms. The number of nitrogens with one attached hydrogen (secondary N) is 1. The first-order valence-corrected chi connectivity index (χ1v) is 7.76. The van der Waals surface area contributed by atoms with Crippen LogP contribution in [0.15, 0.2) is 42.5 Å².